The highest BCUT2D eigenvalue weighted by Crippen LogP contribution is 2.53. The Hall–Kier alpha value is -0.0800. The van der Waals surface area contributed by atoms with Crippen molar-refractivity contribution in [2.75, 3.05) is 6.61 Å². The minimum atomic E-state index is 0.103. The van der Waals surface area contributed by atoms with E-state index >= 15 is 0 Å². The lowest BCUT2D eigenvalue weighted by atomic mass is 9.71. The average molecular weight is 212 g/mol. The Morgan fingerprint density at radius 2 is 2.00 bits per heavy atom. The minimum absolute atomic E-state index is 0.103. The van der Waals surface area contributed by atoms with Gasteiger partial charge in [0.15, 0.2) is 0 Å². The summed E-state index contributed by atoms with van der Waals surface area (Å²) < 4.78 is 6.15. The van der Waals surface area contributed by atoms with E-state index < -0.39 is 0 Å². The third kappa shape index (κ3) is 1.94. The van der Waals surface area contributed by atoms with Crippen LogP contribution in [-0.4, -0.2) is 23.4 Å². The average Bonchev–Trinajstić information content (AvgIpc) is 2.73. The van der Waals surface area contributed by atoms with Crippen LogP contribution in [0.25, 0.3) is 0 Å². The first-order valence-corrected chi connectivity index (χ1v) is 6.27. The summed E-state index contributed by atoms with van der Waals surface area (Å²) >= 11 is 0. The summed E-state index contributed by atoms with van der Waals surface area (Å²) in [6.07, 6.45) is 6.09. The highest BCUT2D eigenvalue weighted by Gasteiger charge is 2.52. The second-order valence-electron chi connectivity index (χ2n) is 6.34. The molecule has 0 aromatic carbocycles. The normalized spacial score (nSPS) is 41.6. The van der Waals surface area contributed by atoms with Crippen molar-refractivity contribution in [1.82, 2.24) is 0 Å². The molecule has 15 heavy (non-hydrogen) atoms. The molecule has 0 unspecified atom stereocenters. The van der Waals surface area contributed by atoms with Gasteiger partial charge in [-0.15, -0.1) is 0 Å². The fraction of sp³-hybridized carbons (Fsp3) is 1.00. The van der Waals surface area contributed by atoms with Crippen molar-refractivity contribution < 1.29 is 9.84 Å². The van der Waals surface area contributed by atoms with Crippen LogP contribution in [0.5, 0.6) is 0 Å². The van der Waals surface area contributed by atoms with E-state index in [1.807, 2.05) is 0 Å². The van der Waals surface area contributed by atoms with E-state index in [-0.39, 0.29) is 18.3 Å². The quantitative estimate of drug-likeness (QED) is 0.724. The molecule has 0 aromatic heterocycles. The molecule has 1 saturated carbocycles. The molecular formula is C13H24O2. The summed E-state index contributed by atoms with van der Waals surface area (Å²) in [6.45, 7) is 7.15. The number of aliphatic hydroxyl groups excluding tert-OH is 1. The number of hydrogen-bond donors (Lipinski definition) is 1. The van der Waals surface area contributed by atoms with Crippen molar-refractivity contribution in [3.63, 3.8) is 0 Å². The standard InChI is InChI=1S/C13H24O2/c1-12(2,3)11-5-4-7-13(11)8-6-10(9-14)15-13/h10-11,14H,4-9H2,1-3H3/t10-,11+,13+/m1/s1. The highest BCUT2D eigenvalue weighted by molar-refractivity contribution is 5.02. The van der Waals surface area contributed by atoms with E-state index in [0.717, 1.165) is 12.8 Å². The Bertz CT molecular complexity index is 231. The molecule has 88 valence electrons. The van der Waals surface area contributed by atoms with Gasteiger partial charge in [-0.2, -0.15) is 0 Å². The molecule has 1 N–H and O–H groups in total. The first kappa shape index (κ1) is 11.4. The third-order valence-corrected chi connectivity index (χ3v) is 4.27. The zero-order valence-electron chi connectivity index (χ0n) is 10.3. The number of aliphatic hydroxyl groups is 1. The van der Waals surface area contributed by atoms with Gasteiger partial charge in [0.1, 0.15) is 0 Å². The molecule has 2 nitrogen and oxygen atoms in total. The molecule has 3 atom stereocenters. The van der Waals surface area contributed by atoms with Gasteiger partial charge >= 0.3 is 0 Å². The van der Waals surface area contributed by atoms with E-state index in [1.165, 1.54) is 19.3 Å². The minimum Gasteiger partial charge on any atom is -0.394 e. The molecule has 0 radical (unpaired) electrons. The van der Waals surface area contributed by atoms with E-state index in [9.17, 15) is 5.11 Å². The molecule has 1 aliphatic heterocycles. The summed E-state index contributed by atoms with van der Waals surface area (Å²) in [6, 6.07) is 0. The Morgan fingerprint density at radius 1 is 1.27 bits per heavy atom. The number of hydrogen-bond acceptors (Lipinski definition) is 2. The smallest absolute Gasteiger partial charge is 0.0814 e. The van der Waals surface area contributed by atoms with Crippen molar-refractivity contribution in [1.29, 1.82) is 0 Å². The molecule has 1 aliphatic carbocycles. The third-order valence-electron chi connectivity index (χ3n) is 4.27. The zero-order valence-corrected chi connectivity index (χ0v) is 10.3. The van der Waals surface area contributed by atoms with Crippen LogP contribution in [-0.2, 0) is 4.74 Å². The van der Waals surface area contributed by atoms with Crippen molar-refractivity contribution in [2.24, 2.45) is 11.3 Å². The summed E-state index contributed by atoms with van der Waals surface area (Å²) in [4.78, 5) is 0. The predicted molar refractivity (Wildman–Crippen MR) is 60.7 cm³/mol. The van der Waals surface area contributed by atoms with Crippen LogP contribution < -0.4 is 0 Å². The van der Waals surface area contributed by atoms with Gasteiger partial charge in [0, 0.05) is 0 Å². The van der Waals surface area contributed by atoms with Crippen LogP contribution in [0.2, 0.25) is 0 Å². The van der Waals surface area contributed by atoms with Crippen LogP contribution in [0.15, 0.2) is 0 Å². The largest absolute Gasteiger partial charge is 0.394 e. The highest BCUT2D eigenvalue weighted by atomic mass is 16.5. The lowest BCUT2D eigenvalue weighted by molar-refractivity contribution is -0.103. The first-order chi connectivity index (χ1) is 6.98. The van der Waals surface area contributed by atoms with Crippen LogP contribution in [0.4, 0.5) is 0 Å². The van der Waals surface area contributed by atoms with Gasteiger partial charge in [-0.05, 0) is 37.0 Å². The monoisotopic (exact) mass is 212 g/mol. The molecular weight excluding hydrogens is 188 g/mol. The lowest BCUT2D eigenvalue weighted by Gasteiger charge is -2.40. The lowest BCUT2D eigenvalue weighted by Crippen LogP contribution is -2.40. The summed E-state index contributed by atoms with van der Waals surface area (Å²) in [5.41, 5.74) is 0.437. The second kappa shape index (κ2) is 3.74. The topological polar surface area (TPSA) is 29.5 Å². The van der Waals surface area contributed by atoms with E-state index in [2.05, 4.69) is 20.8 Å². The van der Waals surface area contributed by atoms with Crippen molar-refractivity contribution >= 4 is 0 Å². The van der Waals surface area contributed by atoms with E-state index in [1.54, 1.807) is 0 Å². The molecule has 0 aromatic rings. The van der Waals surface area contributed by atoms with Gasteiger partial charge in [-0.3, -0.25) is 0 Å². The fourth-order valence-corrected chi connectivity index (χ4v) is 3.69. The molecule has 0 bridgehead atoms. The maximum absolute atomic E-state index is 9.17. The molecule has 1 spiro atoms. The molecule has 2 heteroatoms. The van der Waals surface area contributed by atoms with Crippen molar-refractivity contribution in [3.8, 4) is 0 Å². The first-order valence-electron chi connectivity index (χ1n) is 6.27. The summed E-state index contributed by atoms with van der Waals surface area (Å²) in [5, 5.41) is 9.17. The SMILES string of the molecule is CC(C)(C)[C@@H]1CCC[C@]12CC[C@H](CO)O2. The van der Waals surface area contributed by atoms with Gasteiger partial charge in [0.05, 0.1) is 18.3 Å². The second-order valence-corrected chi connectivity index (χ2v) is 6.34. The van der Waals surface area contributed by atoms with Gasteiger partial charge in [-0.1, -0.05) is 27.2 Å². The van der Waals surface area contributed by atoms with Crippen LogP contribution in [0.1, 0.15) is 52.9 Å². The van der Waals surface area contributed by atoms with Gasteiger partial charge in [0.25, 0.3) is 0 Å². The maximum Gasteiger partial charge on any atom is 0.0814 e. The predicted octanol–water partition coefficient (Wildman–Crippen LogP) is 2.74. The molecule has 2 rings (SSSR count). The fourth-order valence-electron chi connectivity index (χ4n) is 3.69. The number of rotatable bonds is 1. The summed E-state index contributed by atoms with van der Waals surface area (Å²) in [7, 11) is 0. The molecule has 1 heterocycles. The van der Waals surface area contributed by atoms with Gasteiger partial charge in [-0.25, -0.2) is 0 Å². The molecule has 2 aliphatic rings. The summed E-state index contributed by atoms with van der Waals surface area (Å²) in [5.74, 6) is 0.668. The van der Waals surface area contributed by atoms with Gasteiger partial charge in [0.2, 0.25) is 0 Å². The van der Waals surface area contributed by atoms with Crippen molar-refractivity contribution in [2.45, 2.75) is 64.6 Å². The Balaban J connectivity index is 2.14. The number of ether oxygens (including phenoxy) is 1. The van der Waals surface area contributed by atoms with Crippen molar-refractivity contribution in [3.05, 3.63) is 0 Å². The Kier molecular flexibility index (Phi) is 2.85. The van der Waals surface area contributed by atoms with E-state index in [0.29, 0.717) is 11.3 Å². The Morgan fingerprint density at radius 3 is 2.53 bits per heavy atom. The van der Waals surface area contributed by atoms with Gasteiger partial charge < -0.3 is 9.84 Å². The molecule has 1 saturated heterocycles. The zero-order chi connectivity index (χ0) is 11.1. The molecule has 0 amide bonds. The van der Waals surface area contributed by atoms with Crippen LogP contribution in [0, 0.1) is 11.3 Å². The van der Waals surface area contributed by atoms with E-state index in [4.69, 9.17) is 4.74 Å². The Labute approximate surface area is 93.0 Å². The van der Waals surface area contributed by atoms with Crippen LogP contribution >= 0.6 is 0 Å². The maximum atomic E-state index is 9.17. The van der Waals surface area contributed by atoms with Crippen LogP contribution in [0.3, 0.4) is 0 Å². The molecule has 2 fully saturated rings.